The molecule has 1 saturated carbocycles. The largest absolute Gasteiger partial charge is 0.385 e. The molecule has 0 saturated heterocycles. The summed E-state index contributed by atoms with van der Waals surface area (Å²) < 4.78 is 5.03. The minimum Gasteiger partial charge on any atom is -0.385 e. The standard InChI is InChI=1S/C11H19N3O2/c1-8-3-4-11(7-8)9(12)13-10(15)14(11)5-6-16-2/h8H,3-7H2,1-2H3,(H2,12,13,15). The minimum atomic E-state index is -0.310. The average Bonchev–Trinajstić information content (AvgIpc) is 2.71. The van der Waals surface area contributed by atoms with Crippen LogP contribution in [0.15, 0.2) is 4.99 Å². The monoisotopic (exact) mass is 225 g/mol. The lowest BCUT2D eigenvalue weighted by Crippen LogP contribution is -2.53. The third-order valence-corrected chi connectivity index (χ3v) is 3.70. The number of ether oxygens (including phenoxy) is 1. The molecule has 5 nitrogen and oxygen atoms in total. The molecule has 1 spiro atoms. The molecular weight excluding hydrogens is 206 g/mol. The SMILES string of the molecule is COCCN1C(=O)N=C(N)C12CCC(C)C2. The molecule has 2 unspecified atom stereocenters. The van der Waals surface area contributed by atoms with Crippen LogP contribution in [0.2, 0.25) is 0 Å². The number of carbonyl (C=O) groups excluding carboxylic acids is 1. The van der Waals surface area contributed by atoms with Crippen LogP contribution in [0, 0.1) is 5.92 Å². The molecule has 2 aliphatic rings. The van der Waals surface area contributed by atoms with Crippen molar-refractivity contribution in [2.75, 3.05) is 20.3 Å². The number of hydrogen-bond acceptors (Lipinski definition) is 3. The average molecular weight is 225 g/mol. The zero-order valence-corrected chi connectivity index (χ0v) is 9.90. The van der Waals surface area contributed by atoms with E-state index in [9.17, 15) is 4.79 Å². The highest BCUT2D eigenvalue weighted by atomic mass is 16.5. The van der Waals surface area contributed by atoms with E-state index < -0.39 is 0 Å². The molecule has 2 rings (SSSR count). The topological polar surface area (TPSA) is 67.9 Å². The normalized spacial score (nSPS) is 33.9. The molecule has 90 valence electrons. The maximum absolute atomic E-state index is 11.8. The Labute approximate surface area is 95.6 Å². The molecule has 1 heterocycles. The molecule has 2 atom stereocenters. The molecule has 0 bridgehead atoms. The lowest BCUT2D eigenvalue weighted by atomic mass is 9.94. The van der Waals surface area contributed by atoms with Gasteiger partial charge in [0.1, 0.15) is 11.4 Å². The van der Waals surface area contributed by atoms with Crippen molar-refractivity contribution < 1.29 is 9.53 Å². The van der Waals surface area contributed by atoms with Gasteiger partial charge in [0.25, 0.3) is 0 Å². The molecule has 5 heteroatoms. The number of hydrogen-bond donors (Lipinski definition) is 1. The first kappa shape index (κ1) is 11.4. The van der Waals surface area contributed by atoms with Crippen molar-refractivity contribution in [3.63, 3.8) is 0 Å². The number of amidine groups is 1. The second kappa shape index (κ2) is 4.05. The van der Waals surface area contributed by atoms with Gasteiger partial charge in [0.15, 0.2) is 0 Å². The predicted octanol–water partition coefficient (Wildman–Crippen LogP) is 0.984. The van der Waals surface area contributed by atoms with Gasteiger partial charge < -0.3 is 15.4 Å². The molecule has 1 fully saturated rings. The second-order valence-electron chi connectivity index (χ2n) is 4.80. The molecule has 1 aliphatic heterocycles. The van der Waals surface area contributed by atoms with Crippen molar-refractivity contribution >= 4 is 11.9 Å². The highest BCUT2D eigenvalue weighted by Crippen LogP contribution is 2.41. The summed E-state index contributed by atoms with van der Waals surface area (Å²) >= 11 is 0. The van der Waals surface area contributed by atoms with E-state index >= 15 is 0 Å². The minimum absolute atomic E-state index is 0.205. The number of amides is 2. The van der Waals surface area contributed by atoms with Gasteiger partial charge in [-0.3, -0.25) is 0 Å². The van der Waals surface area contributed by atoms with Gasteiger partial charge in [0.05, 0.1) is 6.61 Å². The van der Waals surface area contributed by atoms with Gasteiger partial charge in [0.2, 0.25) is 0 Å². The van der Waals surface area contributed by atoms with Crippen LogP contribution in [0.25, 0.3) is 0 Å². The third-order valence-electron chi connectivity index (χ3n) is 3.70. The molecule has 16 heavy (non-hydrogen) atoms. The van der Waals surface area contributed by atoms with Gasteiger partial charge in [-0.15, -0.1) is 0 Å². The van der Waals surface area contributed by atoms with Crippen LogP contribution in [0.3, 0.4) is 0 Å². The summed E-state index contributed by atoms with van der Waals surface area (Å²) in [6.07, 6.45) is 2.96. The summed E-state index contributed by atoms with van der Waals surface area (Å²) in [5.41, 5.74) is 5.63. The number of nitrogens with zero attached hydrogens (tertiary/aromatic N) is 2. The Morgan fingerprint density at radius 1 is 1.69 bits per heavy atom. The van der Waals surface area contributed by atoms with E-state index in [0.29, 0.717) is 24.9 Å². The number of nitrogens with two attached hydrogens (primary N) is 1. The zero-order valence-electron chi connectivity index (χ0n) is 9.90. The predicted molar refractivity (Wildman–Crippen MR) is 61.3 cm³/mol. The summed E-state index contributed by atoms with van der Waals surface area (Å²) in [4.78, 5) is 17.5. The van der Waals surface area contributed by atoms with Gasteiger partial charge in [-0.2, -0.15) is 4.99 Å². The first-order valence-electron chi connectivity index (χ1n) is 5.75. The maximum Gasteiger partial charge on any atom is 0.346 e. The van der Waals surface area contributed by atoms with Crippen molar-refractivity contribution in [3.8, 4) is 0 Å². The molecule has 2 N–H and O–H groups in total. The zero-order chi connectivity index (χ0) is 11.8. The second-order valence-corrected chi connectivity index (χ2v) is 4.80. The van der Waals surface area contributed by atoms with Crippen LogP contribution >= 0.6 is 0 Å². The smallest absolute Gasteiger partial charge is 0.346 e. The Kier molecular flexibility index (Phi) is 2.88. The Bertz CT molecular complexity index is 329. The molecule has 2 amide bonds. The summed E-state index contributed by atoms with van der Waals surface area (Å²) in [5.74, 6) is 1.10. The Morgan fingerprint density at radius 2 is 2.44 bits per heavy atom. The van der Waals surface area contributed by atoms with E-state index in [1.165, 1.54) is 0 Å². The van der Waals surface area contributed by atoms with Gasteiger partial charge in [0, 0.05) is 13.7 Å². The number of rotatable bonds is 3. The van der Waals surface area contributed by atoms with Crippen LogP contribution in [-0.4, -0.2) is 42.6 Å². The Balaban J connectivity index is 2.19. The summed E-state index contributed by atoms with van der Waals surface area (Å²) in [5, 5.41) is 0. The molecule has 0 aromatic heterocycles. The lowest BCUT2D eigenvalue weighted by molar-refractivity contribution is 0.123. The van der Waals surface area contributed by atoms with Crippen LogP contribution in [0.4, 0.5) is 4.79 Å². The molecule has 0 aromatic carbocycles. The summed E-state index contributed by atoms with van der Waals surface area (Å²) in [7, 11) is 1.63. The van der Waals surface area contributed by atoms with Crippen LogP contribution in [0.5, 0.6) is 0 Å². The van der Waals surface area contributed by atoms with Gasteiger partial charge in [-0.05, 0) is 25.2 Å². The fourth-order valence-corrected chi connectivity index (χ4v) is 2.82. The Hall–Kier alpha value is -1.10. The maximum atomic E-state index is 11.8. The van der Waals surface area contributed by atoms with E-state index in [0.717, 1.165) is 19.3 Å². The van der Waals surface area contributed by atoms with E-state index in [4.69, 9.17) is 10.5 Å². The number of aliphatic imine (C=N–C) groups is 1. The number of carbonyl (C=O) groups is 1. The van der Waals surface area contributed by atoms with Crippen LogP contribution in [-0.2, 0) is 4.74 Å². The number of urea groups is 1. The third kappa shape index (κ3) is 1.59. The lowest BCUT2D eigenvalue weighted by Gasteiger charge is -2.34. The Morgan fingerprint density at radius 3 is 3.00 bits per heavy atom. The fraction of sp³-hybridized carbons (Fsp3) is 0.818. The van der Waals surface area contributed by atoms with E-state index in [-0.39, 0.29) is 11.6 Å². The fourth-order valence-electron chi connectivity index (χ4n) is 2.82. The highest BCUT2D eigenvalue weighted by molar-refractivity contribution is 6.06. The van der Waals surface area contributed by atoms with Gasteiger partial charge in [-0.25, -0.2) is 4.79 Å². The van der Waals surface area contributed by atoms with Crippen molar-refractivity contribution in [1.82, 2.24) is 4.90 Å². The molecule has 0 aromatic rings. The van der Waals surface area contributed by atoms with Crippen molar-refractivity contribution in [3.05, 3.63) is 0 Å². The quantitative estimate of drug-likeness (QED) is 0.778. The van der Waals surface area contributed by atoms with E-state index in [1.807, 2.05) is 0 Å². The molecular formula is C11H19N3O2. The first-order valence-corrected chi connectivity index (χ1v) is 5.75. The molecule has 1 aliphatic carbocycles. The summed E-state index contributed by atoms with van der Waals surface area (Å²) in [6.45, 7) is 3.30. The molecule has 0 radical (unpaired) electrons. The van der Waals surface area contributed by atoms with Crippen molar-refractivity contribution in [2.45, 2.75) is 31.7 Å². The first-order chi connectivity index (χ1) is 7.60. The van der Waals surface area contributed by atoms with Gasteiger partial charge >= 0.3 is 6.03 Å². The van der Waals surface area contributed by atoms with E-state index in [2.05, 4.69) is 11.9 Å². The van der Waals surface area contributed by atoms with Crippen LogP contribution < -0.4 is 5.73 Å². The highest BCUT2D eigenvalue weighted by Gasteiger charge is 2.51. The van der Waals surface area contributed by atoms with Crippen molar-refractivity contribution in [1.29, 1.82) is 0 Å². The van der Waals surface area contributed by atoms with E-state index in [1.54, 1.807) is 12.0 Å². The summed E-state index contributed by atoms with van der Waals surface area (Å²) in [6, 6.07) is -0.205. The van der Waals surface area contributed by atoms with Crippen molar-refractivity contribution in [2.24, 2.45) is 16.6 Å². The number of methoxy groups -OCH3 is 1. The van der Waals surface area contributed by atoms with Crippen LogP contribution in [0.1, 0.15) is 26.2 Å². The van der Waals surface area contributed by atoms with Gasteiger partial charge in [-0.1, -0.05) is 6.92 Å².